The van der Waals surface area contributed by atoms with Gasteiger partial charge in [-0.05, 0) is 32.1 Å². The van der Waals surface area contributed by atoms with Crippen LogP contribution in [0.4, 0.5) is 4.39 Å². The minimum atomic E-state index is -0.559. The van der Waals surface area contributed by atoms with Gasteiger partial charge in [-0.3, -0.25) is 0 Å². The number of halogens is 1. The predicted molar refractivity (Wildman–Crippen MR) is 43.4 cm³/mol. The Bertz CT molecular complexity index is 95.0. The molecule has 0 aromatic carbocycles. The third-order valence-electron chi connectivity index (χ3n) is 2.16. The Labute approximate surface area is 67.9 Å². The molecule has 0 atom stereocenters. The highest BCUT2D eigenvalue weighted by Crippen LogP contribution is 2.23. The Hall–Kier alpha value is -0.110. The third kappa shape index (κ3) is 3.19. The maximum Gasteiger partial charge on any atom is 0.100 e. The van der Waals surface area contributed by atoms with Crippen molar-refractivity contribution in [1.82, 2.24) is 0 Å². The first-order chi connectivity index (χ1) is 5.33. The number of rotatable bonds is 3. The van der Waals surface area contributed by atoms with Crippen LogP contribution in [-0.4, -0.2) is 18.9 Å². The predicted octanol–water partition coefficient (Wildman–Crippen LogP) is 2.69. The summed E-state index contributed by atoms with van der Waals surface area (Å²) in [5, 5.41) is 0. The molecule has 66 valence electrons. The van der Waals surface area contributed by atoms with E-state index in [0.29, 0.717) is 18.9 Å². The van der Waals surface area contributed by atoms with Crippen molar-refractivity contribution in [1.29, 1.82) is 0 Å². The van der Waals surface area contributed by atoms with Crippen LogP contribution in [0.25, 0.3) is 0 Å². The summed E-state index contributed by atoms with van der Waals surface area (Å²) in [5.74, 6) is 0. The molecule has 2 heteroatoms. The molecule has 0 saturated heterocycles. The van der Waals surface area contributed by atoms with Gasteiger partial charge in [-0.15, -0.1) is 0 Å². The molecule has 1 nitrogen and oxygen atoms in total. The fourth-order valence-electron chi connectivity index (χ4n) is 1.47. The summed E-state index contributed by atoms with van der Waals surface area (Å²) in [7, 11) is 0. The van der Waals surface area contributed by atoms with Crippen LogP contribution in [0.3, 0.4) is 0 Å². The van der Waals surface area contributed by atoms with Crippen molar-refractivity contribution in [3.8, 4) is 0 Å². The Kier molecular flexibility index (Phi) is 3.84. The zero-order valence-electron chi connectivity index (χ0n) is 7.18. The smallest absolute Gasteiger partial charge is 0.100 e. The van der Waals surface area contributed by atoms with E-state index >= 15 is 0 Å². The number of ether oxygens (including phenoxy) is 1. The summed E-state index contributed by atoms with van der Waals surface area (Å²) in [4.78, 5) is 0. The lowest BCUT2D eigenvalue weighted by Gasteiger charge is -2.24. The maximum atomic E-state index is 12.6. The molecule has 1 fully saturated rings. The second kappa shape index (κ2) is 4.70. The molecule has 0 radical (unpaired) electrons. The van der Waals surface area contributed by atoms with Gasteiger partial charge in [0, 0.05) is 6.61 Å². The SMILES string of the molecule is CCCOC1CCC(F)CC1. The van der Waals surface area contributed by atoms with Crippen LogP contribution in [0.5, 0.6) is 0 Å². The molecule has 0 amide bonds. The van der Waals surface area contributed by atoms with E-state index in [4.69, 9.17) is 4.74 Å². The van der Waals surface area contributed by atoms with E-state index in [1.165, 1.54) is 0 Å². The highest BCUT2D eigenvalue weighted by Gasteiger charge is 2.20. The van der Waals surface area contributed by atoms with Crippen LogP contribution in [0.2, 0.25) is 0 Å². The van der Waals surface area contributed by atoms with Gasteiger partial charge in [0.1, 0.15) is 6.17 Å². The molecular weight excluding hydrogens is 143 g/mol. The Morgan fingerprint density at radius 2 is 1.91 bits per heavy atom. The Balaban J connectivity index is 2.07. The summed E-state index contributed by atoms with van der Waals surface area (Å²) < 4.78 is 18.1. The molecule has 0 unspecified atom stereocenters. The minimum absolute atomic E-state index is 0.349. The van der Waals surface area contributed by atoms with E-state index in [1.807, 2.05) is 0 Å². The lowest BCUT2D eigenvalue weighted by molar-refractivity contribution is 0.0135. The highest BCUT2D eigenvalue weighted by atomic mass is 19.1. The van der Waals surface area contributed by atoms with Crippen molar-refractivity contribution in [3.05, 3.63) is 0 Å². The first-order valence-electron chi connectivity index (χ1n) is 4.58. The molecule has 1 saturated carbocycles. The second-order valence-electron chi connectivity index (χ2n) is 3.24. The maximum absolute atomic E-state index is 12.6. The van der Waals surface area contributed by atoms with Crippen LogP contribution < -0.4 is 0 Å². The summed E-state index contributed by atoms with van der Waals surface area (Å²) in [5.41, 5.74) is 0. The van der Waals surface area contributed by atoms with Crippen molar-refractivity contribution in [3.63, 3.8) is 0 Å². The molecule has 0 N–H and O–H groups in total. The molecule has 1 aliphatic rings. The average Bonchev–Trinajstić information content (AvgIpc) is 2.04. The topological polar surface area (TPSA) is 9.23 Å². The standard InChI is InChI=1S/C9H17FO/c1-2-7-11-9-5-3-8(10)4-6-9/h8-9H,2-7H2,1H3. The highest BCUT2D eigenvalue weighted by molar-refractivity contribution is 4.71. The van der Waals surface area contributed by atoms with Crippen LogP contribution >= 0.6 is 0 Å². The third-order valence-corrected chi connectivity index (χ3v) is 2.16. The number of alkyl halides is 1. The average molecular weight is 160 g/mol. The number of hydrogen-bond acceptors (Lipinski definition) is 1. The van der Waals surface area contributed by atoms with Crippen LogP contribution in [0, 0.1) is 0 Å². The minimum Gasteiger partial charge on any atom is -0.378 e. The van der Waals surface area contributed by atoms with Gasteiger partial charge in [0.15, 0.2) is 0 Å². The van der Waals surface area contributed by atoms with Gasteiger partial charge in [-0.1, -0.05) is 6.92 Å². The first kappa shape index (κ1) is 8.98. The Morgan fingerprint density at radius 3 is 2.45 bits per heavy atom. The summed E-state index contributed by atoms with van der Waals surface area (Å²) in [6.45, 7) is 2.93. The van der Waals surface area contributed by atoms with Gasteiger partial charge in [0.25, 0.3) is 0 Å². The van der Waals surface area contributed by atoms with E-state index in [1.54, 1.807) is 0 Å². The Morgan fingerprint density at radius 1 is 1.27 bits per heavy atom. The molecule has 0 aliphatic heterocycles. The van der Waals surface area contributed by atoms with Gasteiger partial charge in [0.2, 0.25) is 0 Å². The van der Waals surface area contributed by atoms with E-state index < -0.39 is 6.17 Å². The molecule has 1 aliphatic carbocycles. The second-order valence-corrected chi connectivity index (χ2v) is 3.24. The zero-order chi connectivity index (χ0) is 8.10. The molecule has 0 aromatic rings. The lowest BCUT2D eigenvalue weighted by Crippen LogP contribution is -2.22. The van der Waals surface area contributed by atoms with Crippen molar-refractivity contribution in [2.75, 3.05) is 6.61 Å². The van der Waals surface area contributed by atoms with Crippen LogP contribution in [0.15, 0.2) is 0 Å². The molecule has 0 bridgehead atoms. The lowest BCUT2D eigenvalue weighted by atomic mass is 9.96. The van der Waals surface area contributed by atoms with Gasteiger partial charge in [0.05, 0.1) is 6.10 Å². The van der Waals surface area contributed by atoms with Crippen molar-refractivity contribution in [2.24, 2.45) is 0 Å². The zero-order valence-corrected chi connectivity index (χ0v) is 7.18. The van der Waals surface area contributed by atoms with Crippen molar-refractivity contribution >= 4 is 0 Å². The van der Waals surface area contributed by atoms with E-state index in [-0.39, 0.29) is 0 Å². The monoisotopic (exact) mass is 160 g/mol. The fourth-order valence-corrected chi connectivity index (χ4v) is 1.47. The number of hydrogen-bond donors (Lipinski definition) is 0. The van der Waals surface area contributed by atoms with Crippen LogP contribution in [-0.2, 0) is 4.74 Å². The first-order valence-corrected chi connectivity index (χ1v) is 4.58. The van der Waals surface area contributed by atoms with E-state index in [2.05, 4.69) is 6.92 Å². The molecule has 0 heterocycles. The molecule has 0 aromatic heterocycles. The fraction of sp³-hybridized carbons (Fsp3) is 1.00. The van der Waals surface area contributed by atoms with Gasteiger partial charge in [-0.25, -0.2) is 4.39 Å². The van der Waals surface area contributed by atoms with Crippen molar-refractivity contribution in [2.45, 2.75) is 51.3 Å². The van der Waals surface area contributed by atoms with E-state index in [0.717, 1.165) is 25.9 Å². The molecular formula is C9H17FO. The van der Waals surface area contributed by atoms with Gasteiger partial charge in [-0.2, -0.15) is 0 Å². The van der Waals surface area contributed by atoms with Gasteiger partial charge >= 0.3 is 0 Å². The molecule has 0 spiro atoms. The van der Waals surface area contributed by atoms with Crippen molar-refractivity contribution < 1.29 is 9.13 Å². The van der Waals surface area contributed by atoms with Gasteiger partial charge < -0.3 is 4.74 Å². The quantitative estimate of drug-likeness (QED) is 0.616. The molecule has 11 heavy (non-hydrogen) atoms. The largest absolute Gasteiger partial charge is 0.378 e. The normalized spacial score (nSPS) is 32.2. The summed E-state index contributed by atoms with van der Waals surface area (Å²) >= 11 is 0. The van der Waals surface area contributed by atoms with Crippen LogP contribution in [0.1, 0.15) is 39.0 Å². The van der Waals surface area contributed by atoms with E-state index in [9.17, 15) is 4.39 Å². The summed E-state index contributed by atoms with van der Waals surface area (Å²) in [6, 6.07) is 0. The molecule has 1 rings (SSSR count). The summed E-state index contributed by atoms with van der Waals surface area (Å²) in [6.07, 6.45) is 4.10.